The van der Waals surface area contributed by atoms with E-state index in [0.717, 1.165) is 12.8 Å². The van der Waals surface area contributed by atoms with Crippen molar-refractivity contribution in [3.8, 4) is 0 Å². The number of aromatic nitrogens is 2. The first-order chi connectivity index (χ1) is 5.88. The van der Waals surface area contributed by atoms with Crippen LogP contribution in [0.15, 0.2) is 12.5 Å². The van der Waals surface area contributed by atoms with Crippen LogP contribution in [0.3, 0.4) is 0 Å². The molecule has 1 aromatic rings. The molecule has 1 N–H and O–H groups in total. The van der Waals surface area contributed by atoms with Crippen molar-refractivity contribution in [3.05, 3.63) is 18.2 Å². The molecule has 1 heterocycles. The molecule has 0 spiro atoms. The lowest BCUT2D eigenvalue weighted by Gasteiger charge is -2.03. The fourth-order valence-corrected chi connectivity index (χ4v) is 1.80. The molecule has 1 aliphatic rings. The highest BCUT2D eigenvalue weighted by Crippen LogP contribution is 2.27. The second-order valence-electron chi connectivity index (χ2n) is 3.31. The van der Waals surface area contributed by atoms with Crippen LogP contribution in [0.5, 0.6) is 0 Å². The van der Waals surface area contributed by atoms with E-state index in [0.29, 0.717) is 5.69 Å². The predicted molar refractivity (Wildman–Crippen MR) is 44.9 cm³/mol. The van der Waals surface area contributed by atoms with E-state index in [1.165, 1.54) is 12.8 Å². The molecule has 1 aliphatic carbocycles. The Labute approximate surface area is 71.2 Å². The molecule has 0 aromatic carbocycles. The number of hydrogen-bond acceptors (Lipinski definition) is 2. The van der Waals surface area contributed by atoms with Gasteiger partial charge in [0.1, 0.15) is 5.69 Å². The molecule has 1 saturated carbocycles. The van der Waals surface area contributed by atoms with Crippen LogP contribution in [-0.2, 0) is 0 Å². The maximum atomic E-state index is 11.6. The van der Waals surface area contributed by atoms with Crippen LogP contribution in [0.2, 0.25) is 0 Å². The molecule has 0 aliphatic heterocycles. The van der Waals surface area contributed by atoms with Gasteiger partial charge >= 0.3 is 0 Å². The number of imidazole rings is 1. The van der Waals surface area contributed by atoms with Gasteiger partial charge in [-0.05, 0) is 12.8 Å². The Kier molecular flexibility index (Phi) is 1.94. The molecule has 64 valence electrons. The lowest BCUT2D eigenvalue weighted by molar-refractivity contribution is 0.0918. The van der Waals surface area contributed by atoms with E-state index >= 15 is 0 Å². The Morgan fingerprint density at radius 2 is 2.25 bits per heavy atom. The predicted octanol–water partition coefficient (Wildman–Crippen LogP) is 1.78. The summed E-state index contributed by atoms with van der Waals surface area (Å²) in [7, 11) is 0. The molecule has 1 fully saturated rings. The first kappa shape index (κ1) is 7.53. The van der Waals surface area contributed by atoms with Gasteiger partial charge in [0.25, 0.3) is 0 Å². The third-order valence-electron chi connectivity index (χ3n) is 2.49. The van der Waals surface area contributed by atoms with E-state index in [1.807, 2.05) is 0 Å². The maximum absolute atomic E-state index is 11.6. The first-order valence-electron chi connectivity index (χ1n) is 4.40. The van der Waals surface area contributed by atoms with E-state index in [4.69, 9.17) is 0 Å². The van der Waals surface area contributed by atoms with Crippen LogP contribution in [0.4, 0.5) is 0 Å². The number of carbonyl (C=O) groups excluding carboxylic acids is 1. The van der Waals surface area contributed by atoms with Gasteiger partial charge in [-0.3, -0.25) is 4.79 Å². The summed E-state index contributed by atoms with van der Waals surface area (Å²) in [6.45, 7) is 0. The number of rotatable bonds is 2. The van der Waals surface area contributed by atoms with Gasteiger partial charge in [-0.1, -0.05) is 12.8 Å². The van der Waals surface area contributed by atoms with Gasteiger partial charge in [-0.15, -0.1) is 0 Å². The lowest BCUT2D eigenvalue weighted by atomic mass is 10.0. The van der Waals surface area contributed by atoms with Crippen molar-refractivity contribution in [2.45, 2.75) is 25.7 Å². The summed E-state index contributed by atoms with van der Waals surface area (Å²) in [6.07, 6.45) is 7.67. The van der Waals surface area contributed by atoms with Crippen molar-refractivity contribution >= 4 is 5.78 Å². The average Bonchev–Trinajstić information content (AvgIpc) is 2.77. The molecule has 0 saturated heterocycles. The highest BCUT2D eigenvalue weighted by Gasteiger charge is 2.24. The fraction of sp³-hybridized carbons (Fsp3) is 0.556. The Morgan fingerprint density at radius 3 is 2.83 bits per heavy atom. The normalized spacial score (nSPS) is 18.3. The van der Waals surface area contributed by atoms with E-state index < -0.39 is 0 Å². The molecule has 0 amide bonds. The molecule has 0 bridgehead atoms. The monoisotopic (exact) mass is 164 g/mol. The molecule has 3 heteroatoms. The number of ketones is 1. The van der Waals surface area contributed by atoms with Gasteiger partial charge in [0.2, 0.25) is 0 Å². The van der Waals surface area contributed by atoms with Crippen LogP contribution < -0.4 is 0 Å². The molecule has 0 radical (unpaired) electrons. The standard InChI is InChI=1S/C9H12N2O/c12-9(7-3-1-2-4-7)8-5-10-6-11-8/h5-7H,1-4H2,(H,10,11). The van der Waals surface area contributed by atoms with E-state index in [1.54, 1.807) is 12.5 Å². The van der Waals surface area contributed by atoms with Crippen LogP contribution in [-0.4, -0.2) is 15.8 Å². The average molecular weight is 164 g/mol. The summed E-state index contributed by atoms with van der Waals surface area (Å²) >= 11 is 0. The molecule has 12 heavy (non-hydrogen) atoms. The quantitative estimate of drug-likeness (QED) is 0.677. The Balaban J connectivity index is 2.09. The first-order valence-corrected chi connectivity index (χ1v) is 4.40. The zero-order valence-corrected chi connectivity index (χ0v) is 6.92. The molecule has 2 rings (SSSR count). The van der Waals surface area contributed by atoms with Gasteiger partial charge in [0.05, 0.1) is 12.5 Å². The van der Waals surface area contributed by atoms with Gasteiger partial charge in [-0.25, -0.2) is 4.98 Å². The summed E-state index contributed by atoms with van der Waals surface area (Å²) in [5.74, 6) is 0.496. The zero-order chi connectivity index (χ0) is 8.39. The highest BCUT2D eigenvalue weighted by atomic mass is 16.1. The minimum Gasteiger partial charge on any atom is -0.342 e. The Morgan fingerprint density at radius 1 is 1.50 bits per heavy atom. The summed E-state index contributed by atoms with van der Waals surface area (Å²) in [6, 6.07) is 0. The van der Waals surface area contributed by atoms with Crippen LogP contribution in [0.1, 0.15) is 36.2 Å². The van der Waals surface area contributed by atoms with E-state index in [9.17, 15) is 4.79 Å². The largest absolute Gasteiger partial charge is 0.342 e. The number of aromatic amines is 1. The molecule has 0 unspecified atom stereocenters. The number of nitrogens with zero attached hydrogens (tertiary/aromatic N) is 1. The summed E-state index contributed by atoms with van der Waals surface area (Å²) in [5, 5.41) is 0. The smallest absolute Gasteiger partial charge is 0.183 e. The number of hydrogen-bond donors (Lipinski definition) is 1. The van der Waals surface area contributed by atoms with Crippen molar-refractivity contribution < 1.29 is 4.79 Å². The van der Waals surface area contributed by atoms with Gasteiger partial charge in [0.15, 0.2) is 5.78 Å². The summed E-state index contributed by atoms with van der Waals surface area (Å²) in [4.78, 5) is 18.3. The number of H-pyrrole nitrogens is 1. The Hall–Kier alpha value is -1.12. The number of nitrogens with one attached hydrogen (secondary N) is 1. The summed E-state index contributed by atoms with van der Waals surface area (Å²) in [5.41, 5.74) is 0.668. The van der Waals surface area contributed by atoms with Crippen molar-refractivity contribution in [1.82, 2.24) is 9.97 Å². The van der Waals surface area contributed by atoms with Crippen molar-refractivity contribution in [3.63, 3.8) is 0 Å². The topological polar surface area (TPSA) is 45.8 Å². The maximum Gasteiger partial charge on any atom is 0.183 e. The third kappa shape index (κ3) is 1.26. The van der Waals surface area contributed by atoms with Gasteiger partial charge in [0, 0.05) is 5.92 Å². The molecular weight excluding hydrogens is 152 g/mol. The van der Waals surface area contributed by atoms with Crippen LogP contribution in [0, 0.1) is 5.92 Å². The van der Waals surface area contributed by atoms with Gasteiger partial charge < -0.3 is 4.98 Å². The minimum absolute atomic E-state index is 0.241. The second kappa shape index (κ2) is 3.09. The SMILES string of the molecule is O=C(c1cnc[nH]1)C1CCCC1. The third-order valence-corrected chi connectivity index (χ3v) is 2.49. The Bertz CT molecular complexity index is 260. The number of carbonyl (C=O) groups is 1. The molecule has 3 nitrogen and oxygen atoms in total. The molecule has 0 atom stereocenters. The fourth-order valence-electron chi connectivity index (χ4n) is 1.80. The lowest BCUT2D eigenvalue weighted by Crippen LogP contribution is -2.11. The van der Waals surface area contributed by atoms with E-state index in [2.05, 4.69) is 9.97 Å². The second-order valence-corrected chi connectivity index (χ2v) is 3.31. The zero-order valence-electron chi connectivity index (χ0n) is 6.92. The van der Waals surface area contributed by atoms with Gasteiger partial charge in [-0.2, -0.15) is 0 Å². The van der Waals surface area contributed by atoms with Crippen LogP contribution >= 0.6 is 0 Å². The van der Waals surface area contributed by atoms with Crippen LogP contribution in [0.25, 0.3) is 0 Å². The van der Waals surface area contributed by atoms with Crippen molar-refractivity contribution in [2.75, 3.05) is 0 Å². The number of Topliss-reactive ketones (excluding diaryl/α,β-unsaturated/α-hetero) is 1. The van der Waals surface area contributed by atoms with Crippen molar-refractivity contribution in [2.24, 2.45) is 5.92 Å². The van der Waals surface area contributed by atoms with E-state index in [-0.39, 0.29) is 11.7 Å². The van der Waals surface area contributed by atoms with Crippen molar-refractivity contribution in [1.29, 1.82) is 0 Å². The minimum atomic E-state index is 0.241. The summed E-state index contributed by atoms with van der Waals surface area (Å²) < 4.78 is 0. The molecule has 1 aromatic heterocycles. The highest BCUT2D eigenvalue weighted by molar-refractivity contribution is 5.95. The molecular formula is C9H12N2O.